The number of carbonyl (C=O) groups excluding carboxylic acids is 1. The van der Waals surface area contributed by atoms with Gasteiger partial charge in [-0.1, -0.05) is 12.1 Å². The second-order valence-corrected chi connectivity index (χ2v) is 4.23. The minimum atomic E-state index is -0.504. The number of rotatable bonds is 6. The molecule has 94 valence electrons. The van der Waals surface area contributed by atoms with E-state index in [0.29, 0.717) is 18.8 Å². The van der Waals surface area contributed by atoms with Crippen molar-refractivity contribution < 1.29 is 9.90 Å². The topological polar surface area (TPSA) is 92.6 Å². The Labute approximate surface area is 101 Å². The molecule has 0 radical (unpaired) electrons. The summed E-state index contributed by atoms with van der Waals surface area (Å²) in [5.74, 6) is -0.408. The molecule has 1 amide bonds. The second kappa shape index (κ2) is 6.22. The molecule has 5 N–H and O–H groups in total. The molecule has 5 heteroatoms. The Morgan fingerprint density at radius 2 is 2.24 bits per heavy atom. The van der Waals surface area contributed by atoms with Crippen LogP contribution in [0.4, 0.5) is 5.69 Å². The maximum atomic E-state index is 10.9. The van der Waals surface area contributed by atoms with Crippen LogP contribution < -0.4 is 11.5 Å². The number of benzene rings is 1. The number of primary amides is 1. The molecular weight excluding hydrogens is 218 g/mol. The normalized spacial score (nSPS) is 12.6. The van der Waals surface area contributed by atoms with E-state index in [4.69, 9.17) is 11.5 Å². The van der Waals surface area contributed by atoms with Gasteiger partial charge in [0.2, 0.25) is 5.91 Å². The summed E-state index contributed by atoms with van der Waals surface area (Å²) in [5, 5.41) is 9.35. The summed E-state index contributed by atoms with van der Waals surface area (Å²) in [6.45, 7) is 2.74. The van der Waals surface area contributed by atoms with Crippen LogP contribution in [-0.4, -0.2) is 35.1 Å². The molecule has 0 fully saturated rings. The smallest absolute Gasteiger partial charge is 0.231 e. The largest absolute Gasteiger partial charge is 0.399 e. The van der Waals surface area contributed by atoms with Crippen molar-refractivity contribution in [1.82, 2.24) is 4.90 Å². The molecule has 1 unspecified atom stereocenters. The zero-order chi connectivity index (χ0) is 12.8. The van der Waals surface area contributed by atoms with Crippen molar-refractivity contribution in [3.05, 3.63) is 29.8 Å². The van der Waals surface area contributed by atoms with Crippen LogP contribution >= 0.6 is 0 Å². The fourth-order valence-corrected chi connectivity index (χ4v) is 1.73. The summed E-state index contributed by atoms with van der Waals surface area (Å²) in [4.78, 5) is 12.7. The number of nitrogens with zero attached hydrogens (tertiary/aromatic N) is 1. The Morgan fingerprint density at radius 1 is 1.53 bits per heavy atom. The number of amides is 1. The van der Waals surface area contributed by atoms with Crippen LogP contribution in [0.2, 0.25) is 0 Å². The number of hydrogen-bond acceptors (Lipinski definition) is 4. The molecule has 0 heterocycles. The van der Waals surface area contributed by atoms with Crippen LogP contribution in [0.25, 0.3) is 0 Å². The third-order valence-corrected chi connectivity index (χ3v) is 2.26. The standard InChI is InChI=1S/C12H19N3O2/c1-9(16)6-15(8-12(14)17)7-10-3-2-4-11(13)5-10/h2-5,9,16H,6-8,13H2,1H3,(H2,14,17). The maximum Gasteiger partial charge on any atom is 0.231 e. The quantitative estimate of drug-likeness (QED) is 0.604. The number of nitrogens with two attached hydrogens (primary N) is 2. The summed E-state index contributed by atoms with van der Waals surface area (Å²) in [7, 11) is 0. The molecule has 5 nitrogen and oxygen atoms in total. The molecule has 1 aromatic rings. The number of aliphatic hydroxyl groups is 1. The van der Waals surface area contributed by atoms with Gasteiger partial charge in [-0.3, -0.25) is 9.69 Å². The number of nitrogen functional groups attached to an aromatic ring is 1. The predicted molar refractivity (Wildman–Crippen MR) is 67.0 cm³/mol. The summed E-state index contributed by atoms with van der Waals surface area (Å²) in [6, 6.07) is 7.43. The monoisotopic (exact) mass is 237 g/mol. The van der Waals surface area contributed by atoms with E-state index in [1.807, 2.05) is 18.2 Å². The molecular formula is C12H19N3O2. The van der Waals surface area contributed by atoms with Crippen molar-refractivity contribution in [2.75, 3.05) is 18.8 Å². The van der Waals surface area contributed by atoms with E-state index in [2.05, 4.69) is 0 Å². The van der Waals surface area contributed by atoms with Crippen LogP contribution in [0.15, 0.2) is 24.3 Å². The number of aliphatic hydroxyl groups excluding tert-OH is 1. The molecule has 0 aromatic heterocycles. The minimum absolute atomic E-state index is 0.125. The molecule has 1 rings (SSSR count). The Bertz CT molecular complexity index is 380. The van der Waals surface area contributed by atoms with Crippen molar-refractivity contribution >= 4 is 11.6 Å². The van der Waals surface area contributed by atoms with Crippen molar-refractivity contribution in [2.45, 2.75) is 19.6 Å². The van der Waals surface area contributed by atoms with E-state index in [9.17, 15) is 9.90 Å². The average Bonchev–Trinajstić information content (AvgIpc) is 2.14. The zero-order valence-corrected chi connectivity index (χ0v) is 9.97. The van der Waals surface area contributed by atoms with Gasteiger partial charge in [0.25, 0.3) is 0 Å². The Hall–Kier alpha value is -1.59. The molecule has 17 heavy (non-hydrogen) atoms. The van der Waals surface area contributed by atoms with Gasteiger partial charge in [-0.05, 0) is 24.6 Å². The third kappa shape index (κ3) is 5.33. The summed E-state index contributed by atoms with van der Waals surface area (Å²) < 4.78 is 0. The molecule has 0 bridgehead atoms. The lowest BCUT2D eigenvalue weighted by Crippen LogP contribution is -2.37. The summed E-state index contributed by atoms with van der Waals surface area (Å²) >= 11 is 0. The Kier molecular flexibility index (Phi) is 4.93. The number of hydrogen-bond donors (Lipinski definition) is 3. The predicted octanol–water partition coefficient (Wildman–Crippen LogP) is -0.0631. The molecule has 0 spiro atoms. The fourth-order valence-electron chi connectivity index (χ4n) is 1.73. The van der Waals surface area contributed by atoms with E-state index in [1.165, 1.54) is 0 Å². The molecule has 0 aliphatic carbocycles. The number of carbonyl (C=O) groups is 1. The van der Waals surface area contributed by atoms with Crippen LogP contribution in [0.1, 0.15) is 12.5 Å². The zero-order valence-electron chi connectivity index (χ0n) is 9.97. The van der Waals surface area contributed by atoms with Crippen LogP contribution in [0, 0.1) is 0 Å². The van der Waals surface area contributed by atoms with E-state index >= 15 is 0 Å². The highest BCUT2D eigenvalue weighted by molar-refractivity contribution is 5.75. The minimum Gasteiger partial charge on any atom is -0.399 e. The Balaban J connectivity index is 2.67. The molecule has 1 aromatic carbocycles. The summed E-state index contributed by atoms with van der Waals surface area (Å²) in [5.41, 5.74) is 12.5. The van der Waals surface area contributed by atoms with E-state index in [1.54, 1.807) is 17.9 Å². The van der Waals surface area contributed by atoms with Gasteiger partial charge in [0, 0.05) is 18.8 Å². The van der Waals surface area contributed by atoms with Crippen molar-refractivity contribution in [1.29, 1.82) is 0 Å². The van der Waals surface area contributed by atoms with Gasteiger partial charge in [0.05, 0.1) is 12.6 Å². The first kappa shape index (κ1) is 13.5. The van der Waals surface area contributed by atoms with E-state index < -0.39 is 12.0 Å². The molecule has 0 aliphatic rings. The van der Waals surface area contributed by atoms with Crippen molar-refractivity contribution in [2.24, 2.45) is 5.73 Å². The lowest BCUT2D eigenvalue weighted by molar-refractivity contribution is -0.119. The lowest BCUT2D eigenvalue weighted by Gasteiger charge is -2.22. The third-order valence-electron chi connectivity index (χ3n) is 2.26. The highest BCUT2D eigenvalue weighted by atomic mass is 16.3. The van der Waals surface area contributed by atoms with Gasteiger partial charge in [-0.25, -0.2) is 0 Å². The van der Waals surface area contributed by atoms with Crippen LogP contribution in [0.5, 0.6) is 0 Å². The van der Waals surface area contributed by atoms with Gasteiger partial charge < -0.3 is 16.6 Å². The average molecular weight is 237 g/mol. The van der Waals surface area contributed by atoms with Gasteiger partial charge in [-0.2, -0.15) is 0 Å². The molecule has 0 aliphatic heterocycles. The second-order valence-electron chi connectivity index (χ2n) is 4.23. The van der Waals surface area contributed by atoms with Gasteiger partial charge in [0.15, 0.2) is 0 Å². The first-order valence-corrected chi connectivity index (χ1v) is 5.50. The first-order valence-electron chi connectivity index (χ1n) is 5.50. The lowest BCUT2D eigenvalue weighted by atomic mass is 10.2. The fraction of sp³-hybridized carbons (Fsp3) is 0.417. The van der Waals surface area contributed by atoms with Crippen LogP contribution in [-0.2, 0) is 11.3 Å². The number of anilines is 1. The van der Waals surface area contributed by atoms with Gasteiger partial charge >= 0.3 is 0 Å². The first-order chi connectivity index (χ1) is 7.97. The molecule has 0 saturated heterocycles. The Morgan fingerprint density at radius 3 is 2.76 bits per heavy atom. The van der Waals surface area contributed by atoms with Crippen molar-refractivity contribution in [3.8, 4) is 0 Å². The van der Waals surface area contributed by atoms with E-state index in [-0.39, 0.29) is 6.54 Å². The highest BCUT2D eigenvalue weighted by Gasteiger charge is 2.11. The highest BCUT2D eigenvalue weighted by Crippen LogP contribution is 2.09. The summed E-state index contributed by atoms with van der Waals surface area (Å²) in [6.07, 6.45) is -0.504. The van der Waals surface area contributed by atoms with Crippen molar-refractivity contribution in [3.63, 3.8) is 0 Å². The SMILES string of the molecule is CC(O)CN(CC(N)=O)Cc1cccc(N)c1. The van der Waals surface area contributed by atoms with Crippen LogP contribution in [0.3, 0.4) is 0 Å². The van der Waals surface area contributed by atoms with Gasteiger partial charge in [0.1, 0.15) is 0 Å². The van der Waals surface area contributed by atoms with E-state index in [0.717, 1.165) is 5.56 Å². The van der Waals surface area contributed by atoms with Gasteiger partial charge in [-0.15, -0.1) is 0 Å². The molecule has 1 atom stereocenters. The maximum absolute atomic E-state index is 10.9. The molecule has 0 saturated carbocycles.